The van der Waals surface area contributed by atoms with Crippen LogP contribution in [0.15, 0.2) is 29.6 Å². The minimum Gasteiger partial charge on any atom is -0.330 e. The molecule has 24 heavy (non-hydrogen) atoms. The van der Waals surface area contributed by atoms with Gasteiger partial charge in [-0.2, -0.15) is 0 Å². The predicted octanol–water partition coefficient (Wildman–Crippen LogP) is 5.07. The number of urea groups is 1. The minimum atomic E-state index is -0.295. The maximum atomic E-state index is 13.2. The Hall–Kier alpha value is -1.95. The highest BCUT2D eigenvalue weighted by Gasteiger charge is 2.29. The lowest BCUT2D eigenvalue weighted by molar-refractivity contribution is 0.229. The number of amides is 2. The highest BCUT2D eigenvalue weighted by atomic mass is 32.1. The van der Waals surface area contributed by atoms with Gasteiger partial charge in [-0.1, -0.05) is 32.9 Å². The van der Waals surface area contributed by atoms with Crippen LogP contribution in [0.5, 0.6) is 0 Å². The van der Waals surface area contributed by atoms with Gasteiger partial charge in [0.1, 0.15) is 5.82 Å². The Labute approximate surface area is 145 Å². The summed E-state index contributed by atoms with van der Waals surface area (Å²) in [5.41, 5.74) is 1.73. The van der Waals surface area contributed by atoms with E-state index in [2.05, 4.69) is 15.6 Å². The van der Waals surface area contributed by atoms with E-state index in [1.807, 2.05) is 26.2 Å². The number of hydrogen-bond donors (Lipinski definition) is 2. The van der Waals surface area contributed by atoms with Gasteiger partial charge in [-0.15, -0.1) is 11.3 Å². The summed E-state index contributed by atoms with van der Waals surface area (Å²) in [5.74, 6) is 0.285. The highest BCUT2D eigenvalue weighted by molar-refractivity contribution is 7.13. The summed E-state index contributed by atoms with van der Waals surface area (Å²) >= 11 is 1.45. The van der Waals surface area contributed by atoms with E-state index in [-0.39, 0.29) is 23.3 Å². The third-order valence-electron chi connectivity index (χ3n) is 4.08. The average molecular weight is 347 g/mol. The van der Waals surface area contributed by atoms with Crippen LogP contribution in [-0.2, 0) is 0 Å². The molecule has 1 atom stereocenters. The van der Waals surface area contributed by atoms with Gasteiger partial charge < -0.3 is 5.32 Å². The maximum Gasteiger partial charge on any atom is 0.321 e. The molecule has 2 amide bonds. The van der Waals surface area contributed by atoms with Crippen molar-refractivity contribution < 1.29 is 9.18 Å². The molecule has 1 fully saturated rings. The molecule has 1 aliphatic carbocycles. The fourth-order valence-corrected chi connectivity index (χ4v) is 3.42. The zero-order valence-electron chi connectivity index (χ0n) is 14.1. The predicted molar refractivity (Wildman–Crippen MR) is 94.8 cm³/mol. The van der Waals surface area contributed by atoms with Gasteiger partial charge in [-0.05, 0) is 36.0 Å². The molecule has 128 valence electrons. The Kier molecular flexibility index (Phi) is 4.58. The van der Waals surface area contributed by atoms with Crippen LogP contribution in [0.1, 0.15) is 56.8 Å². The van der Waals surface area contributed by atoms with Crippen LogP contribution >= 0.6 is 11.3 Å². The van der Waals surface area contributed by atoms with Crippen LogP contribution in [0, 0.1) is 11.2 Å². The first-order chi connectivity index (χ1) is 11.3. The van der Waals surface area contributed by atoms with Crippen molar-refractivity contribution in [2.24, 2.45) is 5.41 Å². The standard InChI is InChI=1S/C18H22FN3OS/c1-18(2,3)15(12-6-8-13(19)9-7-12)21-16(23)22-17-20-14(10-24-17)11-4-5-11/h6-11,15H,4-5H2,1-3H3,(H2,20,21,22,23). The number of hydrogen-bond acceptors (Lipinski definition) is 3. The molecule has 0 saturated heterocycles. The van der Waals surface area contributed by atoms with Crippen LogP contribution in [0.4, 0.5) is 14.3 Å². The lowest BCUT2D eigenvalue weighted by atomic mass is 9.82. The molecule has 0 aliphatic heterocycles. The topological polar surface area (TPSA) is 54.0 Å². The van der Waals surface area contributed by atoms with E-state index >= 15 is 0 Å². The van der Waals surface area contributed by atoms with Crippen molar-refractivity contribution in [2.45, 2.75) is 45.6 Å². The fraction of sp³-hybridized carbons (Fsp3) is 0.444. The van der Waals surface area contributed by atoms with E-state index in [9.17, 15) is 9.18 Å². The monoisotopic (exact) mass is 347 g/mol. The Morgan fingerprint density at radius 3 is 2.54 bits per heavy atom. The Morgan fingerprint density at radius 1 is 1.29 bits per heavy atom. The molecule has 2 N–H and O–H groups in total. The van der Waals surface area contributed by atoms with E-state index < -0.39 is 0 Å². The molecular formula is C18H22FN3OS. The third kappa shape index (κ3) is 4.12. The zero-order chi connectivity index (χ0) is 17.3. The zero-order valence-corrected chi connectivity index (χ0v) is 14.9. The third-order valence-corrected chi connectivity index (χ3v) is 4.86. The first kappa shape index (κ1) is 16.9. The summed E-state index contributed by atoms with van der Waals surface area (Å²) in [6.45, 7) is 6.11. The van der Waals surface area contributed by atoms with Crippen LogP contribution in [-0.4, -0.2) is 11.0 Å². The average Bonchev–Trinajstić information content (AvgIpc) is 3.25. The number of aromatic nitrogens is 1. The summed E-state index contributed by atoms with van der Waals surface area (Å²) < 4.78 is 13.2. The number of halogens is 1. The van der Waals surface area contributed by atoms with Gasteiger partial charge >= 0.3 is 6.03 Å². The molecule has 0 bridgehead atoms. The number of nitrogens with one attached hydrogen (secondary N) is 2. The summed E-state index contributed by atoms with van der Waals surface area (Å²) in [7, 11) is 0. The van der Waals surface area contributed by atoms with Gasteiger partial charge in [-0.25, -0.2) is 14.2 Å². The minimum absolute atomic E-state index is 0.211. The molecule has 0 spiro atoms. The number of benzene rings is 1. The smallest absolute Gasteiger partial charge is 0.321 e. The van der Waals surface area contributed by atoms with E-state index in [0.717, 1.165) is 11.3 Å². The van der Waals surface area contributed by atoms with Crippen LogP contribution in [0.25, 0.3) is 0 Å². The van der Waals surface area contributed by atoms with Crippen molar-refractivity contribution in [2.75, 3.05) is 5.32 Å². The largest absolute Gasteiger partial charge is 0.330 e. The molecule has 0 radical (unpaired) electrons. The van der Waals surface area contributed by atoms with Crippen molar-refractivity contribution in [3.8, 4) is 0 Å². The quantitative estimate of drug-likeness (QED) is 0.811. The van der Waals surface area contributed by atoms with E-state index in [1.165, 1.54) is 36.3 Å². The number of anilines is 1. The first-order valence-corrected chi connectivity index (χ1v) is 8.99. The van der Waals surface area contributed by atoms with E-state index in [4.69, 9.17) is 0 Å². The van der Waals surface area contributed by atoms with E-state index in [1.54, 1.807) is 12.1 Å². The Morgan fingerprint density at radius 2 is 1.96 bits per heavy atom. The molecule has 3 rings (SSSR count). The number of carbonyl (C=O) groups is 1. The Bertz CT molecular complexity index is 717. The van der Waals surface area contributed by atoms with Crippen molar-refractivity contribution in [1.29, 1.82) is 0 Å². The summed E-state index contributed by atoms with van der Waals surface area (Å²) in [6.07, 6.45) is 2.37. The molecule has 1 aromatic carbocycles. The first-order valence-electron chi connectivity index (χ1n) is 8.11. The molecule has 2 aromatic rings. The molecule has 1 heterocycles. The molecule has 4 nitrogen and oxygen atoms in total. The fourth-order valence-electron chi connectivity index (χ4n) is 2.63. The molecule has 1 aromatic heterocycles. The van der Waals surface area contributed by atoms with Crippen molar-refractivity contribution >= 4 is 22.5 Å². The number of rotatable bonds is 4. The lowest BCUT2D eigenvalue weighted by Crippen LogP contribution is -2.39. The van der Waals surface area contributed by atoms with Gasteiger partial charge in [0.2, 0.25) is 0 Å². The molecular weight excluding hydrogens is 325 g/mol. The van der Waals surface area contributed by atoms with E-state index in [0.29, 0.717) is 11.0 Å². The van der Waals surface area contributed by atoms with Gasteiger partial charge in [0.05, 0.1) is 11.7 Å². The van der Waals surface area contributed by atoms with Crippen LogP contribution in [0.2, 0.25) is 0 Å². The van der Waals surface area contributed by atoms with Crippen LogP contribution < -0.4 is 10.6 Å². The maximum absolute atomic E-state index is 13.2. The molecule has 6 heteroatoms. The van der Waals surface area contributed by atoms with Crippen molar-refractivity contribution in [3.63, 3.8) is 0 Å². The molecule has 1 unspecified atom stereocenters. The van der Waals surface area contributed by atoms with Crippen molar-refractivity contribution in [3.05, 3.63) is 46.7 Å². The summed E-state index contributed by atoms with van der Waals surface area (Å²) in [4.78, 5) is 16.8. The molecule has 1 saturated carbocycles. The van der Waals surface area contributed by atoms with Gasteiger partial charge in [-0.3, -0.25) is 5.32 Å². The van der Waals surface area contributed by atoms with Gasteiger partial charge in [0, 0.05) is 11.3 Å². The SMILES string of the molecule is CC(C)(C)C(NC(=O)Nc1nc(C2CC2)cs1)c1ccc(F)cc1. The summed E-state index contributed by atoms with van der Waals surface area (Å²) in [6, 6.07) is 5.71. The number of carbonyl (C=O) groups excluding carboxylic acids is 1. The van der Waals surface area contributed by atoms with Gasteiger partial charge in [0.15, 0.2) is 5.13 Å². The lowest BCUT2D eigenvalue weighted by Gasteiger charge is -2.31. The highest BCUT2D eigenvalue weighted by Crippen LogP contribution is 2.41. The van der Waals surface area contributed by atoms with Crippen molar-refractivity contribution in [1.82, 2.24) is 10.3 Å². The second-order valence-corrected chi connectivity index (χ2v) is 8.16. The number of nitrogens with zero attached hydrogens (tertiary/aromatic N) is 1. The normalized spacial score (nSPS) is 15.8. The summed E-state index contributed by atoms with van der Waals surface area (Å²) in [5, 5.41) is 8.42. The van der Waals surface area contributed by atoms with Crippen LogP contribution in [0.3, 0.4) is 0 Å². The number of thiazole rings is 1. The second kappa shape index (κ2) is 6.51. The molecule has 1 aliphatic rings. The second-order valence-electron chi connectivity index (χ2n) is 7.30. The van der Waals surface area contributed by atoms with Gasteiger partial charge in [0.25, 0.3) is 0 Å². The Balaban J connectivity index is 1.69.